The van der Waals surface area contributed by atoms with Crippen LogP contribution in [0.2, 0.25) is 0 Å². The van der Waals surface area contributed by atoms with Gasteiger partial charge < -0.3 is 25.0 Å². The summed E-state index contributed by atoms with van der Waals surface area (Å²) in [4.78, 5) is 0. The third-order valence-electron chi connectivity index (χ3n) is 2.17. The summed E-state index contributed by atoms with van der Waals surface area (Å²) in [5.41, 5.74) is 2.61. The molecular formula is C12H22W. The van der Waals surface area contributed by atoms with Gasteiger partial charge >= 0.3 is 21.1 Å². The van der Waals surface area contributed by atoms with Crippen LogP contribution in [0.4, 0.5) is 0 Å². The summed E-state index contributed by atoms with van der Waals surface area (Å²) in [6.45, 7) is 21.2. The van der Waals surface area contributed by atoms with E-state index in [4.69, 9.17) is 0 Å². The van der Waals surface area contributed by atoms with E-state index in [1.807, 2.05) is 0 Å². The normalized spacial score (nSPS) is 14.6. The molecular weight excluding hydrogens is 328 g/mol. The van der Waals surface area contributed by atoms with Crippen molar-refractivity contribution in [1.29, 1.82) is 0 Å². The molecule has 0 amide bonds. The molecule has 0 N–H and O–H groups in total. The van der Waals surface area contributed by atoms with E-state index in [1.54, 1.807) is 0 Å². The van der Waals surface area contributed by atoms with Crippen LogP contribution in [0.15, 0.2) is 11.1 Å². The summed E-state index contributed by atoms with van der Waals surface area (Å²) < 4.78 is 0. The Bertz CT molecular complexity index is 164. The summed E-state index contributed by atoms with van der Waals surface area (Å²) in [7, 11) is 0. The first-order chi connectivity index (χ1) is 5.07. The molecule has 0 aromatic heterocycles. The Labute approximate surface area is 98.5 Å². The van der Waals surface area contributed by atoms with E-state index in [2.05, 4.69) is 55.4 Å². The fraction of sp³-hybridized carbons (Fsp3) is 0.667. The monoisotopic (exact) mass is 350 g/mol. The molecule has 0 atom stereocenters. The molecule has 0 saturated carbocycles. The van der Waals surface area contributed by atoms with Gasteiger partial charge in [0.1, 0.15) is 0 Å². The SMILES string of the molecule is [CH2-]/C(=C(\[CH2-])C(C)(C)C)C(C)(C)C.[W+2]. The smallest absolute Gasteiger partial charge is 0.358 e. The molecule has 0 aliphatic carbocycles. The van der Waals surface area contributed by atoms with Gasteiger partial charge in [-0.3, -0.25) is 0 Å². The van der Waals surface area contributed by atoms with Gasteiger partial charge in [-0.15, -0.1) is 10.8 Å². The summed E-state index contributed by atoms with van der Waals surface area (Å²) in [5, 5.41) is 0. The van der Waals surface area contributed by atoms with Gasteiger partial charge in [-0.1, -0.05) is 41.5 Å². The number of allylic oxidation sites excluding steroid dienone is 2. The van der Waals surface area contributed by atoms with E-state index < -0.39 is 0 Å². The standard InChI is InChI=1S/C12H22.W/c1-9(11(3,4)5)10(2)12(6,7)8;/h1-2H2,3-8H3;/q-2;+2/b10-9-;. The molecule has 0 unspecified atom stereocenters. The Hall–Kier alpha value is 0.168. The molecule has 0 fully saturated rings. The van der Waals surface area contributed by atoms with E-state index in [1.165, 1.54) is 0 Å². The molecule has 0 aliphatic heterocycles. The fourth-order valence-electron chi connectivity index (χ4n) is 0.905. The van der Waals surface area contributed by atoms with Crippen LogP contribution in [0.3, 0.4) is 0 Å². The van der Waals surface area contributed by atoms with Crippen molar-refractivity contribution >= 4 is 0 Å². The number of rotatable bonds is 0. The Morgan fingerprint density at radius 3 is 0.923 bits per heavy atom. The molecule has 0 nitrogen and oxygen atoms in total. The Kier molecular flexibility index (Phi) is 5.53. The third kappa shape index (κ3) is 4.81. The summed E-state index contributed by atoms with van der Waals surface area (Å²) in [6.07, 6.45) is 0. The maximum absolute atomic E-state index is 4.09. The zero-order chi connectivity index (χ0) is 10.2. The van der Waals surface area contributed by atoms with Crippen molar-refractivity contribution in [3.63, 3.8) is 0 Å². The van der Waals surface area contributed by atoms with E-state index in [9.17, 15) is 0 Å². The van der Waals surface area contributed by atoms with Gasteiger partial charge in [-0.25, -0.2) is 0 Å². The zero-order valence-electron chi connectivity index (χ0n) is 9.82. The van der Waals surface area contributed by atoms with E-state index in [-0.39, 0.29) is 31.9 Å². The van der Waals surface area contributed by atoms with Gasteiger partial charge in [0.25, 0.3) is 0 Å². The fourth-order valence-corrected chi connectivity index (χ4v) is 0.905. The first kappa shape index (κ1) is 15.6. The van der Waals surface area contributed by atoms with Crippen molar-refractivity contribution < 1.29 is 21.1 Å². The molecule has 0 aromatic carbocycles. The van der Waals surface area contributed by atoms with Crippen molar-refractivity contribution in [2.75, 3.05) is 0 Å². The van der Waals surface area contributed by atoms with Crippen LogP contribution in [0.5, 0.6) is 0 Å². The van der Waals surface area contributed by atoms with Crippen molar-refractivity contribution in [2.45, 2.75) is 41.5 Å². The van der Waals surface area contributed by atoms with Crippen molar-refractivity contribution in [2.24, 2.45) is 10.8 Å². The summed E-state index contributed by atoms with van der Waals surface area (Å²) in [5.74, 6) is 0. The van der Waals surface area contributed by atoms with Crippen LogP contribution in [0, 0.1) is 24.7 Å². The van der Waals surface area contributed by atoms with E-state index in [0.29, 0.717) is 0 Å². The second-order valence-electron chi connectivity index (χ2n) is 5.46. The molecule has 0 rings (SSSR count). The first-order valence-electron chi connectivity index (χ1n) is 4.46. The van der Waals surface area contributed by atoms with Crippen LogP contribution in [0.1, 0.15) is 41.5 Å². The van der Waals surface area contributed by atoms with Crippen molar-refractivity contribution in [3.8, 4) is 0 Å². The second kappa shape index (κ2) is 4.60. The van der Waals surface area contributed by atoms with Crippen molar-refractivity contribution in [3.05, 3.63) is 25.0 Å². The van der Waals surface area contributed by atoms with Gasteiger partial charge in [0.05, 0.1) is 0 Å². The summed E-state index contributed by atoms with van der Waals surface area (Å²) >= 11 is 0. The van der Waals surface area contributed by atoms with Gasteiger partial charge in [0, 0.05) is 0 Å². The maximum atomic E-state index is 4.09. The van der Waals surface area contributed by atoms with E-state index in [0.717, 1.165) is 11.1 Å². The molecule has 0 saturated heterocycles. The van der Waals surface area contributed by atoms with Crippen LogP contribution < -0.4 is 0 Å². The van der Waals surface area contributed by atoms with Crippen LogP contribution in [0.25, 0.3) is 0 Å². The minimum Gasteiger partial charge on any atom is -0.358 e. The minimum atomic E-state index is 0. The topological polar surface area (TPSA) is 0 Å². The molecule has 0 heterocycles. The van der Waals surface area contributed by atoms with Gasteiger partial charge in [-0.05, 0) is 0 Å². The molecule has 0 spiro atoms. The first-order valence-corrected chi connectivity index (χ1v) is 4.46. The quantitative estimate of drug-likeness (QED) is 0.579. The third-order valence-corrected chi connectivity index (χ3v) is 2.17. The Balaban J connectivity index is 0. The molecule has 76 valence electrons. The molecule has 0 aromatic rings. The maximum Gasteiger partial charge on any atom is 2.00 e. The van der Waals surface area contributed by atoms with Gasteiger partial charge in [0.15, 0.2) is 0 Å². The molecule has 1 heteroatoms. The predicted molar refractivity (Wildman–Crippen MR) is 56.7 cm³/mol. The van der Waals surface area contributed by atoms with Gasteiger partial charge in [0.2, 0.25) is 0 Å². The van der Waals surface area contributed by atoms with Gasteiger partial charge in [-0.2, -0.15) is 0 Å². The second-order valence-corrected chi connectivity index (χ2v) is 5.46. The molecule has 0 radical (unpaired) electrons. The molecule has 13 heavy (non-hydrogen) atoms. The van der Waals surface area contributed by atoms with Crippen molar-refractivity contribution in [1.82, 2.24) is 0 Å². The Morgan fingerprint density at radius 1 is 0.692 bits per heavy atom. The van der Waals surface area contributed by atoms with E-state index >= 15 is 0 Å². The van der Waals surface area contributed by atoms with Crippen LogP contribution in [-0.4, -0.2) is 0 Å². The molecule has 0 bridgehead atoms. The number of hydrogen-bond acceptors (Lipinski definition) is 0. The number of hydrogen-bond donors (Lipinski definition) is 0. The molecule has 0 aliphatic rings. The largest absolute Gasteiger partial charge is 2.00 e. The van der Waals surface area contributed by atoms with Crippen LogP contribution in [-0.2, 0) is 21.1 Å². The average molecular weight is 350 g/mol. The predicted octanol–water partition coefficient (Wildman–Crippen LogP) is 4.04. The minimum absolute atomic E-state index is 0. The average Bonchev–Trinajstić information content (AvgIpc) is 1.80. The Morgan fingerprint density at radius 2 is 0.846 bits per heavy atom. The van der Waals surface area contributed by atoms with Crippen LogP contribution >= 0.6 is 0 Å². The zero-order valence-corrected chi connectivity index (χ0v) is 12.8. The summed E-state index contributed by atoms with van der Waals surface area (Å²) in [6, 6.07) is 0.